The maximum absolute atomic E-state index is 5.97. The van der Waals surface area contributed by atoms with Crippen LogP contribution in [-0.2, 0) is 4.74 Å². The number of aromatic nitrogens is 2. The summed E-state index contributed by atoms with van der Waals surface area (Å²) in [6, 6.07) is 1.94. The van der Waals surface area contributed by atoms with Gasteiger partial charge in [0.05, 0.1) is 5.60 Å². The Morgan fingerprint density at radius 2 is 2.05 bits per heavy atom. The van der Waals surface area contributed by atoms with Gasteiger partial charge in [-0.15, -0.1) is 0 Å². The van der Waals surface area contributed by atoms with E-state index in [4.69, 9.17) is 4.74 Å². The highest BCUT2D eigenvalue weighted by Gasteiger charge is 2.39. The van der Waals surface area contributed by atoms with Gasteiger partial charge >= 0.3 is 0 Å². The minimum atomic E-state index is 0.0886. The molecule has 4 heteroatoms. The molecule has 1 aromatic rings. The van der Waals surface area contributed by atoms with E-state index < -0.39 is 0 Å². The van der Waals surface area contributed by atoms with Gasteiger partial charge in [0.1, 0.15) is 0 Å². The molecule has 1 atom stereocenters. The van der Waals surface area contributed by atoms with Gasteiger partial charge in [-0.05, 0) is 38.7 Å². The maximum atomic E-state index is 5.97. The highest BCUT2D eigenvalue weighted by atomic mass is 16.5. The lowest BCUT2D eigenvalue weighted by Gasteiger charge is -2.39. The Labute approximate surface area is 116 Å². The van der Waals surface area contributed by atoms with Gasteiger partial charge in [-0.3, -0.25) is 0 Å². The fourth-order valence-corrected chi connectivity index (χ4v) is 2.93. The molecule has 4 nitrogen and oxygen atoms in total. The molecule has 0 N–H and O–H groups in total. The second-order valence-corrected chi connectivity index (χ2v) is 5.16. The van der Waals surface area contributed by atoms with Crippen LogP contribution in [0.1, 0.15) is 45.2 Å². The van der Waals surface area contributed by atoms with Crippen molar-refractivity contribution in [1.29, 1.82) is 0 Å². The van der Waals surface area contributed by atoms with Crippen LogP contribution in [0, 0.1) is 6.92 Å². The van der Waals surface area contributed by atoms with Gasteiger partial charge < -0.3 is 9.64 Å². The van der Waals surface area contributed by atoms with Crippen LogP contribution in [0.25, 0.3) is 0 Å². The first-order valence-corrected chi connectivity index (χ1v) is 7.46. The van der Waals surface area contributed by atoms with E-state index in [1.165, 1.54) is 25.7 Å². The van der Waals surface area contributed by atoms with Crippen LogP contribution in [0.5, 0.6) is 0 Å². The van der Waals surface area contributed by atoms with E-state index in [0.29, 0.717) is 0 Å². The molecule has 2 aliphatic heterocycles. The Bertz CT molecular complexity index is 402. The Morgan fingerprint density at radius 1 is 1.26 bits per heavy atom. The smallest absolute Gasteiger partial charge is 0.225 e. The average molecular weight is 263 g/mol. The van der Waals surface area contributed by atoms with Gasteiger partial charge in [-0.2, -0.15) is 0 Å². The van der Waals surface area contributed by atoms with Crippen LogP contribution in [0.2, 0.25) is 0 Å². The Hall–Kier alpha value is -1.16. The molecule has 0 radical (unpaired) electrons. The largest absolute Gasteiger partial charge is 0.373 e. The summed E-state index contributed by atoms with van der Waals surface area (Å²) >= 11 is 0. The Kier molecular flexibility index (Phi) is 4.75. The lowest BCUT2D eigenvalue weighted by atomic mass is 9.90. The monoisotopic (exact) mass is 263 g/mol. The number of hydrogen-bond donors (Lipinski definition) is 0. The third kappa shape index (κ3) is 3.24. The average Bonchev–Trinajstić information content (AvgIpc) is 2.89. The summed E-state index contributed by atoms with van der Waals surface area (Å²) in [5.41, 5.74) is 1.12. The van der Waals surface area contributed by atoms with E-state index in [9.17, 15) is 0 Å². The van der Waals surface area contributed by atoms with Crippen molar-refractivity contribution in [2.24, 2.45) is 0 Å². The molecule has 0 amide bonds. The maximum Gasteiger partial charge on any atom is 0.225 e. The van der Waals surface area contributed by atoms with Gasteiger partial charge in [0.25, 0.3) is 0 Å². The molecule has 106 valence electrons. The number of anilines is 1. The highest BCUT2D eigenvalue weighted by Crippen LogP contribution is 2.35. The van der Waals surface area contributed by atoms with Crippen LogP contribution in [0.15, 0.2) is 12.3 Å². The van der Waals surface area contributed by atoms with Gasteiger partial charge in [-0.25, -0.2) is 9.97 Å². The zero-order valence-electron chi connectivity index (χ0n) is 12.4. The summed E-state index contributed by atoms with van der Waals surface area (Å²) in [6.07, 6.45) is 6.60. The number of aryl methyl sites for hydroxylation is 1. The number of rotatable bonds is 1. The molecule has 1 aromatic heterocycles. The van der Waals surface area contributed by atoms with Crippen LogP contribution in [0.3, 0.4) is 0 Å². The molecule has 0 aliphatic carbocycles. The van der Waals surface area contributed by atoms with Crippen LogP contribution in [0.4, 0.5) is 5.95 Å². The topological polar surface area (TPSA) is 38.2 Å². The summed E-state index contributed by atoms with van der Waals surface area (Å²) in [6.45, 7) is 8.94. The molecule has 0 saturated carbocycles. The number of ether oxygens (including phenoxy) is 1. The molecule has 3 rings (SSSR count). The molecule has 0 aromatic carbocycles. The third-order valence-corrected chi connectivity index (χ3v) is 3.79. The molecule has 1 spiro atoms. The predicted molar refractivity (Wildman–Crippen MR) is 77.5 cm³/mol. The molecular weight excluding hydrogens is 238 g/mol. The Morgan fingerprint density at radius 3 is 2.74 bits per heavy atom. The molecule has 19 heavy (non-hydrogen) atoms. The van der Waals surface area contributed by atoms with Gasteiger partial charge in [0, 0.05) is 31.6 Å². The van der Waals surface area contributed by atoms with E-state index in [1.807, 2.05) is 33.0 Å². The van der Waals surface area contributed by atoms with E-state index in [0.717, 1.165) is 31.3 Å². The van der Waals surface area contributed by atoms with Crippen molar-refractivity contribution in [3.05, 3.63) is 18.0 Å². The first-order chi connectivity index (χ1) is 9.27. The van der Waals surface area contributed by atoms with Crippen molar-refractivity contribution in [3.63, 3.8) is 0 Å². The molecule has 1 unspecified atom stereocenters. The lowest BCUT2D eigenvalue weighted by molar-refractivity contribution is -0.00653. The van der Waals surface area contributed by atoms with E-state index >= 15 is 0 Å². The fraction of sp³-hybridized carbons (Fsp3) is 0.733. The fourth-order valence-electron chi connectivity index (χ4n) is 2.93. The van der Waals surface area contributed by atoms with Gasteiger partial charge in [-0.1, -0.05) is 13.8 Å². The van der Waals surface area contributed by atoms with Crippen molar-refractivity contribution < 1.29 is 4.74 Å². The first kappa shape index (κ1) is 14.3. The number of hydrogen-bond acceptors (Lipinski definition) is 4. The minimum Gasteiger partial charge on any atom is -0.373 e. The normalized spacial score (nSPS) is 26.2. The van der Waals surface area contributed by atoms with Crippen LogP contribution >= 0.6 is 0 Å². The standard InChI is InChI=1S/C13H19N3O.C2H6/c1-11-4-7-14-12(15-11)16-8-2-5-13(10-16)6-3-9-17-13;1-2/h4,7H,2-3,5-6,8-10H2,1H3;1-2H3. The van der Waals surface area contributed by atoms with Gasteiger partial charge in [0.2, 0.25) is 5.95 Å². The molecule has 2 fully saturated rings. The molecular formula is C15H25N3O. The summed E-state index contributed by atoms with van der Waals surface area (Å²) in [5.74, 6) is 0.861. The summed E-state index contributed by atoms with van der Waals surface area (Å²) in [4.78, 5) is 11.2. The summed E-state index contributed by atoms with van der Waals surface area (Å²) < 4.78 is 5.97. The van der Waals surface area contributed by atoms with Crippen molar-refractivity contribution in [2.45, 2.75) is 52.1 Å². The number of nitrogens with zero attached hydrogens (tertiary/aromatic N) is 3. The Balaban J connectivity index is 0.000000637. The van der Waals surface area contributed by atoms with E-state index in [2.05, 4.69) is 14.9 Å². The third-order valence-electron chi connectivity index (χ3n) is 3.79. The molecule has 3 heterocycles. The SMILES string of the molecule is CC.Cc1ccnc(N2CCCC3(CCCO3)C2)n1. The summed E-state index contributed by atoms with van der Waals surface area (Å²) in [7, 11) is 0. The van der Waals surface area contributed by atoms with Crippen molar-refractivity contribution in [2.75, 3.05) is 24.6 Å². The van der Waals surface area contributed by atoms with Crippen molar-refractivity contribution in [3.8, 4) is 0 Å². The second-order valence-electron chi connectivity index (χ2n) is 5.16. The van der Waals surface area contributed by atoms with Crippen LogP contribution in [-0.4, -0.2) is 35.3 Å². The first-order valence-electron chi connectivity index (χ1n) is 7.46. The molecule has 2 saturated heterocycles. The summed E-state index contributed by atoms with van der Waals surface area (Å²) in [5, 5.41) is 0. The molecule has 0 bridgehead atoms. The zero-order valence-corrected chi connectivity index (χ0v) is 12.4. The highest BCUT2D eigenvalue weighted by molar-refractivity contribution is 5.32. The van der Waals surface area contributed by atoms with Crippen molar-refractivity contribution in [1.82, 2.24) is 9.97 Å². The molecule has 2 aliphatic rings. The zero-order chi connectivity index (χ0) is 13.7. The van der Waals surface area contributed by atoms with E-state index in [1.54, 1.807) is 0 Å². The second kappa shape index (κ2) is 6.33. The predicted octanol–water partition coefficient (Wildman–Crippen LogP) is 2.96. The van der Waals surface area contributed by atoms with Crippen molar-refractivity contribution >= 4 is 5.95 Å². The van der Waals surface area contributed by atoms with Crippen LogP contribution < -0.4 is 4.90 Å². The minimum absolute atomic E-state index is 0.0886. The number of piperidine rings is 1. The lowest BCUT2D eigenvalue weighted by Crippen LogP contribution is -2.48. The van der Waals surface area contributed by atoms with E-state index in [-0.39, 0.29) is 5.60 Å². The van der Waals surface area contributed by atoms with Gasteiger partial charge in [0.15, 0.2) is 0 Å². The quantitative estimate of drug-likeness (QED) is 0.781.